The first kappa shape index (κ1) is 31.7. The maximum Gasteiger partial charge on any atom is 0.305 e. The van der Waals surface area contributed by atoms with Crippen LogP contribution in [0, 0.1) is 47.9 Å². The Kier molecular flexibility index (Phi) is 33.7. The highest BCUT2D eigenvalue weighted by molar-refractivity contribution is 6.20. The number of ether oxygens (including phenoxy) is 2. The molecule has 0 amide bonds. The van der Waals surface area contributed by atoms with Crippen molar-refractivity contribution in [3.8, 4) is 47.9 Å². The van der Waals surface area contributed by atoms with Gasteiger partial charge in [-0.3, -0.25) is 9.59 Å². The molecule has 0 radical (unpaired) electrons. The van der Waals surface area contributed by atoms with E-state index in [4.69, 9.17) is 41.2 Å². The topological polar surface area (TPSA) is 52.6 Å². The highest BCUT2D eigenvalue weighted by atomic mass is 35.5. The minimum Gasteiger partial charge on any atom is -0.469 e. The lowest BCUT2D eigenvalue weighted by molar-refractivity contribution is -0.141. The van der Waals surface area contributed by atoms with Crippen LogP contribution < -0.4 is 0 Å². The Morgan fingerprint density at radius 3 is 1.55 bits per heavy atom. The fraction of sp³-hybridized carbons (Fsp3) is 0.545. The molecule has 29 heavy (non-hydrogen) atoms. The van der Waals surface area contributed by atoms with Gasteiger partial charge in [-0.05, 0) is 12.8 Å². The quantitative estimate of drug-likeness (QED) is 0.255. The molecule has 0 aromatic rings. The van der Waals surface area contributed by atoms with Gasteiger partial charge in [0.15, 0.2) is 0 Å². The third kappa shape index (κ3) is 37.5. The maximum atomic E-state index is 10.7. The lowest BCUT2D eigenvalue weighted by Crippen LogP contribution is -1.98. The minimum atomic E-state index is -0.190. The Morgan fingerprint density at radius 1 is 0.724 bits per heavy atom. The molecule has 0 aliphatic rings. The van der Waals surface area contributed by atoms with E-state index in [0.717, 1.165) is 12.8 Å². The van der Waals surface area contributed by atoms with E-state index in [0.29, 0.717) is 49.7 Å². The summed E-state index contributed by atoms with van der Waals surface area (Å²) >= 11 is 15.6. The van der Waals surface area contributed by atoms with E-state index in [1.165, 1.54) is 14.2 Å². The number of esters is 2. The molecule has 160 valence electrons. The van der Waals surface area contributed by atoms with Crippen LogP contribution in [0.5, 0.6) is 0 Å². The third-order valence-electron chi connectivity index (χ3n) is 2.59. The standard InChI is InChI=1S/C11H13ClO2.C7H10O2.C4H4Cl2/c1-14-11(13)9-7-5-3-2-4-6-8-10-12;1-3-4-5-6-7(8)9-2;5-3-1-2-4-6/h4-5,7,9-10H2,1H3;1H,4-6H2,2H3;3-4H2. The molecule has 0 fully saturated rings. The molecule has 0 aromatic heterocycles. The van der Waals surface area contributed by atoms with E-state index in [2.05, 4.69) is 50.9 Å². The number of carbonyl (C=O) groups is 2. The van der Waals surface area contributed by atoms with Crippen molar-refractivity contribution < 1.29 is 19.1 Å². The molecule has 0 saturated heterocycles. The summed E-state index contributed by atoms with van der Waals surface area (Å²) in [5.41, 5.74) is 0. The van der Waals surface area contributed by atoms with Crippen molar-refractivity contribution in [2.75, 3.05) is 31.9 Å². The molecule has 0 spiro atoms. The second-order valence-corrected chi connectivity index (χ2v) is 5.50. The average molecular weight is 462 g/mol. The predicted octanol–water partition coefficient (Wildman–Crippen LogP) is 4.40. The van der Waals surface area contributed by atoms with Gasteiger partial charge < -0.3 is 9.47 Å². The van der Waals surface area contributed by atoms with Crippen LogP contribution in [0.2, 0.25) is 0 Å². The van der Waals surface area contributed by atoms with Crippen LogP contribution in [0.1, 0.15) is 44.9 Å². The van der Waals surface area contributed by atoms with E-state index in [1.807, 2.05) is 0 Å². The lowest BCUT2D eigenvalue weighted by Gasteiger charge is -1.93. The Labute approximate surface area is 190 Å². The van der Waals surface area contributed by atoms with Gasteiger partial charge >= 0.3 is 11.9 Å². The highest BCUT2D eigenvalue weighted by Gasteiger charge is 1.97. The van der Waals surface area contributed by atoms with Crippen LogP contribution >= 0.6 is 34.8 Å². The Hall–Kier alpha value is -1.95. The van der Waals surface area contributed by atoms with Gasteiger partial charge in [-0.15, -0.1) is 53.1 Å². The van der Waals surface area contributed by atoms with Crippen molar-refractivity contribution in [2.45, 2.75) is 44.9 Å². The molecule has 7 heteroatoms. The number of unbranched alkanes of at least 4 members (excludes halogenated alkanes) is 2. The summed E-state index contributed by atoms with van der Waals surface area (Å²) in [6.07, 6.45) is 9.18. The van der Waals surface area contributed by atoms with E-state index in [9.17, 15) is 9.59 Å². The summed E-state index contributed by atoms with van der Waals surface area (Å²) in [5, 5.41) is 0. The van der Waals surface area contributed by atoms with Crippen molar-refractivity contribution in [3.63, 3.8) is 0 Å². The van der Waals surface area contributed by atoms with Gasteiger partial charge in [0.2, 0.25) is 0 Å². The van der Waals surface area contributed by atoms with Crippen LogP contribution in [0.25, 0.3) is 0 Å². The first-order valence-electron chi connectivity index (χ1n) is 8.66. The van der Waals surface area contributed by atoms with Gasteiger partial charge in [0, 0.05) is 25.7 Å². The molecule has 0 unspecified atom stereocenters. The van der Waals surface area contributed by atoms with E-state index in [-0.39, 0.29) is 11.9 Å². The van der Waals surface area contributed by atoms with Crippen LogP contribution in [-0.4, -0.2) is 43.8 Å². The molecule has 0 bridgehead atoms. The maximum absolute atomic E-state index is 10.7. The Morgan fingerprint density at radius 2 is 1.14 bits per heavy atom. The first-order valence-corrected chi connectivity index (χ1v) is 10.3. The Balaban J connectivity index is -0.000000386. The summed E-state index contributed by atoms with van der Waals surface area (Å²) in [6.45, 7) is 0. The summed E-state index contributed by atoms with van der Waals surface area (Å²) in [6, 6.07) is 0. The number of alkyl halides is 3. The third-order valence-corrected chi connectivity index (χ3v) is 2.99. The molecule has 0 N–H and O–H groups in total. The lowest BCUT2D eigenvalue weighted by atomic mass is 10.2. The molecule has 0 aliphatic heterocycles. The summed E-state index contributed by atoms with van der Waals surface area (Å²) in [4.78, 5) is 21.1. The number of carbonyl (C=O) groups excluding carboxylic acids is 2. The van der Waals surface area contributed by atoms with E-state index >= 15 is 0 Å². The van der Waals surface area contributed by atoms with Gasteiger partial charge in [0.1, 0.15) is 0 Å². The van der Waals surface area contributed by atoms with Gasteiger partial charge in [0.25, 0.3) is 0 Å². The fourth-order valence-corrected chi connectivity index (χ4v) is 1.54. The predicted molar refractivity (Wildman–Crippen MR) is 121 cm³/mol. The number of hydrogen-bond donors (Lipinski definition) is 0. The Bertz CT molecular complexity index is 627. The first-order chi connectivity index (χ1) is 14.0. The van der Waals surface area contributed by atoms with E-state index in [1.54, 1.807) is 0 Å². The molecule has 0 saturated carbocycles. The number of methoxy groups -OCH3 is 2. The molecule has 0 aliphatic carbocycles. The van der Waals surface area contributed by atoms with Crippen molar-refractivity contribution >= 4 is 46.7 Å². The largest absolute Gasteiger partial charge is 0.469 e. The molecule has 4 nitrogen and oxygen atoms in total. The zero-order valence-electron chi connectivity index (χ0n) is 16.9. The average Bonchev–Trinajstić information content (AvgIpc) is 2.74. The van der Waals surface area contributed by atoms with Crippen molar-refractivity contribution in [1.82, 2.24) is 0 Å². The van der Waals surface area contributed by atoms with Gasteiger partial charge in [-0.25, -0.2) is 0 Å². The fourth-order valence-electron chi connectivity index (χ4n) is 1.26. The SMILES string of the molecule is C#CCCCC(=O)OC.COC(=O)CCCC#CCC#CCCl.ClCC#CCCl. The zero-order chi connectivity index (χ0) is 22.6. The summed E-state index contributed by atoms with van der Waals surface area (Å²) < 4.78 is 8.87. The summed E-state index contributed by atoms with van der Waals surface area (Å²) in [5.74, 6) is 19.6. The van der Waals surface area contributed by atoms with Crippen molar-refractivity contribution in [3.05, 3.63) is 0 Å². The smallest absolute Gasteiger partial charge is 0.305 e. The summed E-state index contributed by atoms with van der Waals surface area (Å²) in [7, 11) is 2.76. The molecular weight excluding hydrogens is 435 g/mol. The minimum absolute atomic E-state index is 0.186. The van der Waals surface area contributed by atoms with Crippen LogP contribution in [0.15, 0.2) is 0 Å². The molecule has 0 atom stereocenters. The molecule has 0 heterocycles. The van der Waals surface area contributed by atoms with Crippen molar-refractivity contribution in [1.29, 1.82) is 0 Å². The number of terminal acetylenes is 1. The van der Waals surface area contributed by atoms with E-state index < -0.39 is 0 Å². The van der Waals surface area contributed by atoms with Gasteiger partial charge in [-0.1, -0.05) is 29.6 Å². The van der Waals surface area contributed by atoms with Crippen LogP contribution in [0.3, 0.4) is 0 Å². The second-order valence-electron chi connectivity index (χ2n) is 4.70. The van der Waals surface area contributed by atoms with Crippen LogP contribution in [-0.2, 0) is 19.1 Å². The monoisotopic (exact) mass is 460 g/mol. The van der Waals surface area contributed by atoms with Crippen molar-refractivity contribution in [2.24, 2.45) is 0 Å². The normalized spacial score (nSPS) is 7.59. The zero-order valence-corrected chi connectivity index (χ0v) is 19.2. The van der Waals surface area contributed by atoms with Gasteiger partial charge in [0.05, 0.1) is 38.3 Å². The molecular formula is C22H27Cl3O4. The highest BCUT2D eigenvalue weighted by Crippen LogP contribution is 1.95. The van der Waals surface area contributed by atoms with Crippen LogP contribution in [0.4, 0.5) is 0 Å². The second kappa shape index (κ2) is 30.8. The number of hydrogen-bond acceptors (Lipinski definition) is 4. The molecule has 0 rings (SSSR count). The molecule has 0 aromatic carbocycles. The number of halogens is 3. The number of rotatable bonds is 6. The van der Waals surface area contributed by atoms with Gasteiger partial charge in [-0.2, -0.15) is 0 Å².